The van der Waals surface area contributed by atoms with Crippen molar-refractivity contribution in [3.63, 3.8) is 0 Å². The van der Waals surface area contributed by atoms with Crippen molar-refractivity contribution in [3.8, 4) is 29.0 Å². The maximum absolute atomic E-state index is 16.6. The molecular formula is C27H25ClF2N6O2S. The minimum Gasteiger partial charge on any atom is -0.489 e. The molecule has 2 atom stereocenters. The number of likely N-dealkylation sites (tertiary alicyclic amines) is 1. The van der Waals surface area contributed by atoms with Crippen molar-refractivity contribution in [2.75, 3.05) is 44.5 Å². The molecule has 8 nitrogen and oxygen atoms in total. The number of halogens is 3. The van der Waals surface area contributed by atoms with Gasteiger partial charge in [0.1, 0.15) is 41.4 Å². The summed E-state index contributed by atoms with van der Waals surface area (Å²) in [5.74, 6) is -0.663. The second-order valence-corrected chi connectivity index (χ2v) is 11.4. The summed E-state index contributed by atoms with van der Waals surface area (Å²) >= 11 is 7.80. The number of nitrogens with two attached hydrogens (primary N) is 1. The average Bonchev–Trinajstić information content (AvgIpc) is 3.46. The van der Waals surface area contributed by atoms with E-state index in [4.69, 9.17) is 26.8 Å². The average molecular weight is 571 g/mol. The fraction of sp³-hybridized carbons (Fsp3) is 0.370. The number of anilines is 2. The van der Waals surface area contributed by atoms with E-state index >= 15 is 4.39 Å². The van der Waals surface area contributed by atoms with Crippen molar-refractivity contribution in [3.05, 3.63) is 34.4 Å². The predicted octanol–water partition coefficient (Wildman–Crippen LogP) is 5.59. The highest BCUT2D eigenvalue weighted by atomic mass is 35.5. The monoisotopic (exact) mass is 570 g/mol. The van der Waals surface area contributed by atoms with E-state index in [0.29, 0.717) is 17.8 Å². The Kier molecular flexibility index (Phi) is 6.37. The van der Waals surface area contributed by atoms with E-state index in [1.807, 2.05) is 32.0 Å². The molecule has 0 bridgehead atoms. The fourth-order valence-corrected chi connectivity index (χ4v) is 6.60. The largest absolute Gasteiger partial charge is 0.489 e. The summed E-state index contributed by atoms with van der Waals surface area (Å²) in [6.07, 6.45) is 2.07. The molecule has 0 unspecified atom stereocenters. The number of thiophene rings is 1. The number of hydrogen-bond donors (Lipinski definition) is 1. The van der Waals surface area contributed by atoms with Crippen LogP contribution in [0.2, 0.25) is 5.02 Å². The molecule has 2 aliphatic heterocycles. The minimum atomic E-state index is -0.752. The van der Waals surface area contributed by atoms with Crippen LogP contribution >= 0.6 is 22.9 Å². The third-order valence-electron chi connectivity index (χ3n) is 7.68. The third-order valence-corrected chi connectivity index (χ3v) is 9.07. The summed E-state index contributed by atoms with van der Waals surface area (Å²) in [6, 6.07) is 4.77. The van der Waals surface area contributed by atoms with Crippen molar-refractivity contribution in [1.29, 1.82) is 5.26 Å². The molecular weight excluding hydrogens is 546 g/mol. The molecule has 2 aromatic carbocycles. The van der Waals surface area contributed by atoms with Crippen molar-refractivity contribution in [1.82, 2.24) is 14.9 Å². The molecule has 12 heteroatoms. The van der Waals surface area contributed by atoms with Gasteiger partial charge >= 0.3 is 6.01 Å². The normalized spacial score (nSPS) is 19.4. The Morgan fingerprint density at radius 1 is 1.28 bits per heavy atom. The molecule has 1 fully saturated rings. The topological polar surface area (TPSA) is 101 Å². The van der Waals surface area contributed by atoms with Gasteiger partial charge in [0.05, 0.1) is 26.7 Å². The van der Waals surface area contributed by atoms with Gasteiger partial charge < -0.3 is 25.0 Å². The zero-order valence-corrected chi connectivity index (χ0v) is 23.1. The highest BCUT2D eigenvalue weighted by Crippen LogP contribution is 2.50. The van der Waals surface area contributed by atoms with Gasteiger partial charge in [-0.05, 0) is 45.0 Å². The molecule has 0 amide bonds. The van der Waals surface area contributed by atoms with Crippen LogP contribution in [0.15, 0.2) is 12.1 Å². The summed E-state index contributed by atoms with van der Waals surface area (Å²) in [5.41, 5.74) is 6.22. The first-order valence-electron chi connectivity index (χ1n) is 12.5. The van der Waals surface area contributed by atoms with E-state index in [0.717, 1.165) is 30.7 Å². The van der Waals surface area contributed by atoms with Gasteiger partial charge in [0, 0.05) is 24.0 Å². The number of benzene rings is 2. The zero-order valence-electron chi connectivity index (χ0n) is 21.5. The van der Waals surface area contributed by atoms with E-state index in [9.17, 15) is 9.65 Å². The first kappa shape index (κ1) is 25.8. The van der Waals surface area contributed by atoms with Crippen LogP contribution in [0, 0.1) is 23.0 Å². The summed E-state index contributed by atoms with van der Waals surface area (Å²) in [7, 11) is 3.88. The number of nitriles is 1. The van der Waals surface area contributed by atoms with Gasteiger partial charge in [0.15, 0.2) is 11.6 Å². The maximum atomic E-state index is 16.6. The number of ether oxygens (including phenoxy) is 2. The van der Waals surface area contributed by atoms with Crippen LogP contribution in [0.1, 0.15) is 25.3 Å². The zero-order chi connectivity index (χ0) is 27.6. The van der Waals surface area contributed by atoms with Crippen molar-refractivity contribution < 1.29 is 18.3 Å². The lowest BCUT2D eigenvalue weighted by molar-refractivity contribution is 0.188. The highest BCUT2D eigenvalue weighted by molar-refractivity contribution is 7.23. The van der Waals surface area contributed by atoms with Gasteiger partial charge in [-0.25, -0.2) is 8.78 Å². The molecule has 6 rings (SSSR count). The summed E-state index contributed by atoms with van der Waals surface area (Å²) in [5, 5.41) is 10.4. The molecule has 0 spiro atoms. The number of fused-ring (bicyclic) bond motifs is 1. The van der Waals surface area contributed by atoms with E-state index in [2.05, 4.69) is 14.9 Å². The Morgan fingerprint density at radius 2 is 2.08 bits per heavy atom. The molecule has 4 aromatic rings. The number of aromatic nitrogens is 2. The van der Waals surface area contributed by atoms with E-state index in [1.165, 1.54) is 12.1 Å². The SMILES string of the molecule is C[C@H]1COc2c(Cl)c(-c3ccc(F)c4sc(N)c(C#N)c34)c(F)c3nc(OC[C@@H]4CCCN4C)nc(c23)N1C. The van der Waals surface area contributed by atoms with Gasteiger partial charge in [-0.1, -0.05) is 17.7 Å². The van der Waals surface area contributed by atoms with Crippen molar-refractivity contribution in [2.45, 2.75) is 31.8 Å². The van der Waals surface area contributed by atoms with Gasteiger partial charge in [-0.2, -0.15) is 15.2 Å². The van der Waals surface area contributed by atoms with Gasteiger partial charge in [0.2, 0.25) is 0 Å². The Bertz CT molecular complexity index is 1690. The summed E-state index contributed by atoms with van der Waals surface area (Å²) in [6.45, 7) is 3.56. The summed E-state index contributed by atoms with van der Waals surface area (Å²) in [4.78, 5) is 13.2. The lowest BCUT2D eigenvalue weighted by Gasteiger charge is -2.24. The molecule has 0 aliphatic carbocycles. The Balaban J connectivity index is 1.62. The van der Waals surface area contributed by atoms with Crippen molar-refractivity contribution in [2.24, 2.45) is 0 Å². The molecule has 2 aromatic heterocycles. The van der Waals surface area contributed by atoms with Gasteiger partial charge in [-0.3, -0.25) is 0 Å². The maximum Gasteiger partial charge on any atom is 0.319 e. The Hall–Kier alpha value is -3.46. The number of nitrogen functional groups attached to an aromatic ring is 1. The molecule has 0 saturated carbocycles. The van der Waals surface area contributed by atoms with E-state index in [-0.39, 0.29) is 72.8 Å². The number of rotatable bonds is 4. The van der Waals surface area contributed by atoms with Gasteiger partial charge in [-0.15, -0.1) is 11.3 Å². The third kappa shape index (κ3) is 4.01. The van der Waals surface area contributed by atoms with Crippen LogP contribution in [-0.4, -0.2) is 60.8 Å². The van der Waals surface area contributed by atoms with Crippen LogP contribution in [0.5, 0.6) is 11.8 Å². The second kappa shape index (κ2) is 9.62. The minimum absolute atomic E-state index is 0.0184. The molecule has 202 valence electrons. The van der Waals surface area contributed by atoms with Crippen molar-refractivity contribution >= 4 is 54.7 Å². The first-order valence-corrected chi connectivity index (χ1v) is 13.7. The smallest absolute Gasteiger partial charge is 0.319 e. The van der Waals surface area contributed by atoms with Crippen LogP contribution in [0.4, 0.5) is 19.6 Å². The highest BCUT2D eigenvalue weighted by Gasteiger charge is 2.33. The predicted molar refractivity (Wildman–Crippen MR) is 149 cm³/mol. The van der Waals surface area contributed by atoms with Crippen LogP contribution < -0.4 is 20.1 Å². The van der Waals surface area contributed by atoms with Crippen LogP contribution in [0.3, 0.4) is 0 Å². The van der Waals surface area contributed by atoms with E-state index < -0.39 is 11.6 Å². The van der Waals surface area contributed by atoms with Crippen LogP contribution in [0.25, 0.3) is 32.1 Å². The molecule has 4 heterocycles. The Morgan fingerprint density at radius 3 is 2.79 bits per heavy atom. The van der Waals surface area contributed by atoms with Crippen LogP contribution in [-0.2, 0) is 0 Å². The molecule has 39 heavy (non-hydrogen) atoms. The van der Waals surface area contributed by atoms with E-state index in [1.54, 1.807) is 0 Å². The van der Waals surface area contributed by atoms with Gasteiger partial charge in [0.25, 0.3) is 0 Å². The number of hydrogen-bond acceptors (Lipinski definition) is 9. The number of likely N-dealkylation sites (N-methyl/N-ethyl adjacent to an activating group) is 2. The first-order chi connectivity index (χ1) is 18.7. The quantitative estimate of drug-likeness (QED) is 0.339. The molecule has 1 saturated heterocycles. The molecule has 2 N–H and O–H groups in total. The molecule has 2 aliphatic rings. The lowest BCUT2D eigenvalue weighted by Crippen LogP contribution is -2.33. The Labute approximate surface area is 232 Å². The number of nitrogens with zero attached hydrogens (tertiary/aromatic N) is 5. The summed E-state index contributed by atoms with van der Waals surface area (Å²) < 4.78 is 43.7. The fourth-order valence-electron chi connectivity index (χ4n) is 5.32. The standard InChI is InChI=1S/C27H25ClF2N6O2S/c1-12-10-37-23-19-22(33-27(34-26(19)36(12)3)38-11-13-5-4-8-35(13)2)21(30)18(20(23)28)14-6-7-16(29)24-17(14)15(9-31)25(32)39-24/h6-7,12-13H,4-5,8,10-11,32H2,1-3H3/t12-,13-/m0/s1. The second-order valence-electron chi connectivity index (χ2n) is 10.00. The molecule has 0 radical (unpaired) electrons. The lowest BCUT2D eigenvalue weighted by atomic mass is 9.96.